The number of fused-ring (bicyclic) bond motifs is 1. The highest BCUT2D eigenvalue weighted by molar-refractivity contribution is 7.20. The molecule has 4 aromatic rings. The van der Waals surface area contributed by atoms with Crippen LogP contribution in [-0.4, -0.2) is 57.0 Å². The standard InChI is InChI=1S/C28H29N5O3S/c1-4-24-21(8-7-18(2)30-24)22-14-20(28(35)36-3)15-26-23(22)16-25(37-26)19-6-5-11-32(17-19)27(34)9-12-33-13-10-29-31-33/h6-8,10,13-16H,4-5,9,11-12,17H2,1-3H3. The fraction of sp³-hybridized carbons (Fsp3) is 0.321. The van der Waals surface area contributed by atoms with E-state index in [1.165, 1.54) is 7.11 Å². The van der Waals surface area contributed by atoms with E-state index in [0.29, 0.717) is 31.6 Å². The Morgan fingerprint density at radius 1 is 1.16 bits per heavy atom. The molecule has 0 bridgehead atoms. The number of hydrogen-bond donors (Lipinski definition) is 0. The summed E-state index contributed by atoms with van der Waals surface area (Å²) in [4.78, 5) is 33.2. The lowest BCUT2D eigenvalue weighted by Gasteiger charge is -2.27. The molecule has 4 heterocycles. The molecular formula is C28H29N5O3S. The highest BCUT2D eigenvalue weighted by Crippen LogP contribution is 2.40. The maximum atomic E-state index is 12.9. The first-order chi connectivity index (χ1) is 18.0. The first-order valence-electron chi connectivity index (χ1n) is 12.4. The third-order valence-electron chi connectivity index (χ3n) is 6.64. The zero-order valence-corrected chi connectivity index (χ0v) is 22.0. The number of rotatable bonds is 7. The van der Waals surface area contributed by atoms with Crippen LogP contribution < -0.4 is 0 Å². The molecule has 0 N–H and O–H groups in total. The van der Waals surface area contributed by atoms with Crippen LogP contribution >= 0.6 is 11.3 Å². The van der Waals surface area contributed by atoms with Gasteiger partial charge < -0.3 is 9.64 Å². The summed E-state index contributed by atoms with van der Waals surface area (Å²) in [6, 6.07) is 10.1. The molecule has 1 aromatic carbocycles. The van der Waals surface area contributed by atoms with Crippen LogP contribution in [0.1, 0.15) is 46.4 Å². The molecule has 0 saturated heterocycles. The molecule has 1 amide bonds. The number of aromatic nitrogens is 4. The van der Waals surface area contributed by atoms with Gasteiger partial charge in [-0.15, -0.1) is 16.4 Å². The Labute approximate surface area is 219 Å². The number of benzene rings is 1. The number of nitrogens with zero attached hydrogens (tertiary/aromatic N) is 5. The van der Waals surface area contributed by atoms with Crippen molar-refractivity contribution in [3.8, 4) is 11.1 Å². The van der Waals surface area contributed by atoms with Gasteiger partial charge in [0.1, 0.15) is 0 Å². The number of thiophene rings is 1. The molecule has 0 radical (unpaired) electrons. The van der Waals surface area contributed by atoms with E-state index in [-0.39, 0.29) is 11.9 Å². The summed E-state index contributed by atoms with van der Waals surface area (Å²) < 4.78 is 7.73. The molecule has 8 nitrogen and oxygen atoms in total. The predicted octanol–water partition coefficient (Wildman–Crippen LogP) is 4.92. The lowest BCUT2D eigenvalue weighted by molar-refractivity contribution is -0.131. The summed E-state index contributed by atoms with van der Waals surface area (Å²) in [6.07, 6.45) is 7.58. The number of carbonyl (C=O) groups excluding carboxylic acids is 2. The third-order valence-corrected chi connectivity index (χ3v) is 7.80. The molecule has 0 aliphatic carbocycles. The lowest BCUT2D eigenvalue weighted by atomic mass is 9.96. The van der Waals surface area contributed by atoms with Crippen LogP contribution in [0.25, 0.3) is 26.8 Å². The quantitative estimate of drug-likeness (QED) is 0.325. The van der Waals surface area contributed by atoms with Crippen LogP contribution in [0.2, 0.25) is 0 Å². The SMILES string of the molecule is CCc1nc(C)ccc1-c1cc(C(=O)OC)cc2sc(C3=CCCN(C(=O)CCn4ccnn4)C3)cc12. The molecule has 0 saturated carbocycles. The number of hydrogen-bond acceptors (Lipinski definition) is 7. The van der Waals surface area contributed by atoms with Gasteiger partial charge in [0, 0.05) is 57.6 Å². The summed E-state index contributed by atoms with van der Waals surface area (Å²) in [5, 5.41) is 8.82. The van der Waals surface area contributed by atoms with Crippen molar-refractivity contribution in [2.45, 2.75) is 39.7 Å². The Balaban J connectivity index is 1.49. The Morgan fingerprint density at radius 3 is 2.78 bits per heavy atom. The molecule has 0 fully saturated rings. The summed E-state index contributed by atoms with van der Waals surface area (Å²) in [5.74, 6) is -0.258. The molecule has 37 heavy (non-hydrogen) atoms. The van der Waals surface area contributed by atoms with Crippen LogP contribution in [0.5, 0.6) is 0 Å². The molecule has 0 spiro atoms. The summed E-state index contributed by atoms with van der Waals surface area (Å²) in [5.41, 5.74) is 5.61. The van der Waals surface area contributed by atoms with E-state index in [2.05, 4.69) is 35.4 Å². The van der Waals surface area contributed by atoms with Crippen molar-refractivity contribution >= 4 is 38.9 Å². The van der Waals surface area contributed by atoms with Crippen molar-refractivity contribution in [1.29, 1.82) is 0 Å². The minimum absolute atomic E-state index is 0.106. The van der Waals surface area contributed by atoms with E-state index in [0.717, 1.165) is 55.9 Å². The Bertz CT molecular complexity index is 1490. The van der Waals surface area contributed by atoms with Gasteiger partial charge in [-0.2, -0.15) is 0 Å². The maximum absolute atomic E-state index is 12.9. The molecule has 190 valence electrons. The Hall–Kier alpha value is -3.85. The van der Waals surface area contributed by atoms with Crippen LogP contribution in [0, 0.1) is 6.92 Å². The summed E-state index contributed by atoms with van der Waals surface area (Å²) >= 11 is 1.64. The van der Waals surface area contributed by atoms with Gasteiger partial charge in [-0.25, -0.2) is 4.79 Å². The topological polar surface area (TPSA) is 90.2 Å². The smallest absolute Gasteiger partial charge is 0.337 e. The minimum Gasteiger partial charge on any atom is -0.465 e. The lowest BCUT2D eigenvalue weighted by Crippen LogP contribution is -2.35. The molecule has 3 aromatic heterocycles. The van der Waals surface area contributed by atoms with E-state index in [1.807, 2.05) is 30.0 Å². The van der Waals surface area contributed by atoms with E-state index in [9.17, 15) is 9.59 Å². The number of esters is 1. The van der Waals surface area contributed by atoms with Crippen molar-refractivity contribution in [3.63, 3.8) is 0 Å². The Morgan fingerprint density at radius 2 is 2.03 bits per heavy atom. The van der Waals surface area contributed by atoms with Crippen molar-refractivity contribution in [3.05, 3.63) is 70.6 Å². The summed E-state index contributed by atoms with van der Waals surface area (Å²) in [6.45, 7) is 5.86. The second-order valence-electron chi connectivity index (χ2n) is 9.09. The van der Waals surface area contributed by atoms with E-state index in [1.54, 1.807) is 28.4 Å². The monoisotopic (exact) mass is 515 g/mol. The first kappa shape index (κ1) is 24.8. The van der Waals surface area contributed by atoms with Crippen LogP contribution in [0.3, 0.4) is 0 Å². The van der Waals surface area contributed by atoms with Gasteiger partial charge in [0.05, 0.1) is 25.4 Å². The van der Waals surface area contributed by atoms with Crippen LogP contribution in [-0.2, 0) is 22.5 Å². The minimum atomic E-state index is -0.364. The number of pyridine rings is 1. The van der Waals surface area contributed by atoms with E-state index in [4.69, 9.17) is 9.72 Å². The van der Waals surface area contributed by atoms with Crippen molar-refractivity contribution in [1.82, 2.24) is 24.9 Å². The van der Waals surface area contributed by atoms with Crippen LogP contribution in [0.15, 0.2) is 48.8 Å². The number of ether oxygens (including phenoxy) is 1. The highest BCUT2D eigenvalue weighted by Gasteiger charge is 2.22. The first-order valence-corrected chi connectivity index (χ1v) is 13.2. The molecule has 9 heteroatoms. The zero-order chi connectivity index (χ0) is 25.9. The van der Waals surface area contributed by atoms with Crippen molar-refractivity contribution in [2.75, 3.05) is 20.2 Å². The molecule has 0 atom stereocenters. The third kappa shape index (κ3) is 5.17. The normalized spacial score (nSPS) is 13.6. The highest BCUT2D eigenvalue weighted by atomic mass is 32.1. The Kier molecular flexibility index (Phi) is 7.14. The number of aryl methyl sites for hydroxylation is 3. The van der Waals surface area contributed by atoms with Crippen molar-refractivity contribution < 1.29 is 14.3 Å². The molecular weight excluding hydrogens is 486 g/mol. The summed E-state index contributed by atoms with van der Waals surface area (Å²) in [7, 11) is 1.40. The van der Waals surface area contributed by atoms with E-state index < -0.39 is 0 Å². The largest absolute Gasteiger partial charge is 0.465 e. The number of amides is 1. The van der Waals surface area contributed by atoms with Gasteiger partial charge in [0.15, 0.2) is 0 Å². The molecule has 1 aliphatic heterocycles. The van der Waals surface area contributed by atoms with Gasteiger partial charge in [0.25, 0.3) is 0 Å². The average molecular weight is 516 g/mol. The fourth-order valence-corrected chi connectivity index (χ4v) is 5.89. The van der Waals surface area contributed by atoms with Gasteiger partial charge >= 0.3 is 5.97 Å². The van der Waals surface area contributed by atoms with Gasteiger partial charge in [0.2, 0.25) is 5.91 Å². The van der Waals surface area contributed by atoms with Gasteiger partial charge in [-0.05, 0) is 55.2 Å². The van der Waals surface area contributed by atoms with Gasteiger partial charge in [-0.1, -0.05) is 24.3 Å². The molecule has 0 unspecified atom stereocenters. The second kappa shape index (κ2) is 10.6. The molecule has 1 aliphatic rings. The predicted molar refractivity (Wildman–Crippen MR) is 144 cm³/mol. The number of carbonyl (C=O) groups is 2. The van der Waals surface area contributed by atoms with Crippen molar-refractivity contribution in [2.24, 2.45) is 0 Å². The van der Waals surface area contributed by atoms with Gasteiger partial charge in [-0.3, -0.25) is 14.5 Å². The van der Waals surface area contributed by atoms with E-state index >= 15 is 0 Å². The van der Waals surface area contributed by atoms with Crippen LogP contribution in [0.4, 0.5) is 0 Å². The average Bonchev–Trinajstić information content (AvgIpc) is 3.61. The second-order valence-corrected chi connectivity index (χ2v) is 10.2. The maximum Gasteiger partial charge on any atom is 0.337 e. The zero-order valence-electron chi connectivity index (χ0n) is 21.2. The fourth-order valence-electron chi connectivity index (χ4n) is 4.74. The number of methoxy groups -OCH3 is 1. The molecule has 5 rings (SSSR count).